The molecule has 1 aliphatic rings. The topological polar surface area (TPSA) is 96.0 Å². The zero-order chi connectivity index (χ0) is 21.7. The molecule has 0 aliphatic carbocycles. The quantitative estimate of drug-likeness (QED) is 0.751. The summed E-state index contributed by atoms with van der Waals surface area (Å²) in [5.41, 5.74) is 3.03. The maximum atomic E-state index is 14.6. The number of ketones is 1. The summed E-state index contributed by atoms with van der Waals surface area (Å²) in [6, 6.07) is 3.29. The molecule has 154 valence electrons. The van der Waals surface area contributed by atoms with E-state index in [9.17, 15) is 27.2 Å². The summed E-state index contributed by atoms with van der Waals surface area (Å²) < 4.78 is 52.2. The van der Waals surface area contributed by atoms with E-state index in [1.165, 1.54) is 20.0 Å². The van der Waals surface area contributed by atoms with Crippen molar-refractivity contribution in [1.29, 1.82) is 0 Å². The van der Waals surface area contributed by atoms with Crippen molar-refractivity contribution in [2.45, 2.75) is 45.0 Å². The van der Waals surface area contributed by atoms with Crippen LogP contribution in [0.25, 0.3) is 0 Å². The van der Waals surface area contributed by atoms with Crippen LogP contribution in [-0.4, -0.2) is 47.0 Å². The number of halogens is 4. The van der Waals surface area contributed by atoms with Gasteiger partial charge >= 0.3 is 6.18 Å². The Labute approximate surface area is 159 Å². The molecule has 0 saturated heterocycles. The highest BCUT2D eigenvalue weighted by Gasteiger charge is 2.54. The minimum atomic E-state index is -5.09. The Kier molecular flexibility index (Phi) is 5.33. The van der Waals surface area contributed by atoms with Gasteiger partial charge in [-0.25, -0.2) is 9.38 Å². The first-order chi connectivity index (χ1) is 12.6. The lowest BCUT2D eigenvalue weighted by Crippen LogP contribution is -2.58. The number of nitrogens with zero attached hydrogens (tertiary/aromatic N) is 2. The van der Waals surface area contributed by atoms with Crippen LogP contribution in [0.3, 0.4) is 0 Å². The van der Waals surface area contributed by atoms with Gasteiger partial charge in [0.1, 0.15) is 11.4 Å². The predicted molar refractivity (Wildman–Crippen MR) is 92.7 cm³/mol. The van der Waals surface area contributed by atoms with E-state index >= 15 is 0 Å². The van der Waals surface area contributed by atoms with Gasteiger partial charge in [0.15, 0.2) is 11.7 Å². The maximum Gasteiger partial charge on any atom is 0.421 e. The van der Waals surface area contributed by atoms with Crippen molar-refractivity contribution in [3.63, 3.8) is 0 Å². The van der Waals surface area contributed by atoms with Gasteiger partial charge < -0.3 is 10.8 Å². The van der Waals surface area contributed by atoms with Gasteiger partial charge in [-0.3, -0.25) is 14.5 Å². The highest BCUT2D eigenvalue weighted by Crippen LogP contribution is 2.47. The average Bonchev–Trinajstić information content (AvgIpc) is 2.58. The van der Waals surface area contributed by atoms with Crippen LogP contribution in [-0.2, 0) is 21.5 Å². The molecule has 2 atom stereocenters. The fraction of sp³-hybridized carbons (Fsp3) is 0.500. The van der Waals surface area contributed by atoms with Gasteiger partial charge in [0, 0.05) is 19.0 Å². The number of carbonyl (C=O) groups is 2. The molecule has 0 bridgehead atoms. The van der Waals surface area contributed by atoms with E-state index in [0.29, 0.717) is 0 Å². The fourth-order valence-electron chi connectivity index (χ4n) is 3.11. The number of alkyl halides is 3. The van der Waals surface area contributed by atoms with Gasteiger partial charge in [-0.2, -0.15) is 13.2 Å². The van der Waals surface area contributed by atoms with E-state index in [1.807, 2.05) is 0 Å². The molecule has 3 N–H and O–H groups in total. The van der Waals surface area contributed by atoms with E-state index in [4.69, 9.17) is 10.8 Å². The summed E-state index contributed by atoms with van der Waals surface area (Å²) in [7, 11) is 1.42. The van der Waals surface area contributed by atoms with Crippen LogP contribution in [0, 0.1) is 11.2 Å². The fourth-order valence-corrected chi connectivity index (χ4v) is 3.11. The van der Waals surface area contributed by atoms with Gasteiger partial charge in [0.2, 0.25) is 12.0 Å². The zero-order valence-electron chi connectivity index (χ0n) is 15.8. The van der Waals surface area contributed by atoms with Gasteiger partial charge in [0.05, 0.1) is 5.41 Å². The highest BCUT2D eigenvalue weighted by atomic mass is 19.4. The van der Waals surface area contributed by atoms with Crippen molar-refractivity contribution < 1.29 is 32.3 Å². The van der Waals surface area contributed by atoms with Crippen LogP contribution < -0.4 is 5.73 Å². The first-order valence-corrected chi connectivity index (χ1v) is 8.33. The van der Waals surface area contributed by atoms with Crippen molar-refractivity contribution >= 4 is 17.6 Å². The molecule has 2 rings (SSSR count). The van der Waals surface area contributed by atoms with E-state index in [0.717, 1.165) is 17.0 Å². The predicted octanol–water partition coefficient (Wildman–Crippen LogP) is 1.89. The highest BCUT2D eigenvalue weighted by molar-refractivity contribution is 6.01. The molecular formula is C18H21F4N3O3. The van der Waals surface area contributed by atoms with Crippen molar-refractivity contribution in [3.8, 4) is 0 Å². The van der Waals surface area contributed by atoms with Crippen LogP contribution >= 0.6 is 0 Å². The summed E-state index contributed by atoms with van der Waals surface area (Å²) in [5, 5.41) is 9.08. The van der Waals surface area contributed by atoms with Gasteiger partial charge in [-0.05, 0) is 38.5 Å². The number of hydrogen-bond donors (Lipinski definition) is 2. The number of aliphatic imine (C=N–C) groups is 1. The van der Waals surface area contributed by atoms with Crippen molar-refractivity contribution in [2.75, 3.05) is 7.05 Å². The Bertz CT molecular complexity index is 851. The lowest BCUT2D eigenvalue weighted by Gasteiger charge is -2.46. The SMILES string of the molecule is CN1C(=O)C(C)(C)[C@@](C)(c2cc(CC(=O)C(O)C(F)(F)F)ccc2F)N=C1N. The summed E-state index contributed by atoms with van der Waals surface area (Å²) in [5.74, 6) is -2.79. The number of Topliss-reactive ketones (excluding diaryl/α,β-unsaturated/α-hetero) is 1. The number of rotatable bonds is 4. The number of aliphatic hydroxyl groups is 1. The Morgan fingerprint density at radius 1 is 1.32 bits per heavy atom. The summed E-state index contributed by atoms with van der Waals surface area (Å²) >= 11 is 0. The smallest absolute Gasteiger partial charge is 0.377 e. The molecule has 28 heavy (non-hydrogen) atoms. The maximum absolute atomic E-state index is 14.6. The summed E-state index contributed by atoms with van der Waals surface area (Å²) in [4.78, 5) is 29.8. The van der Waals surface area contributed by atoms with Gasteiger partial charge in [-0.15, -0.1) is 0 Å². The molecule has 0 aromatic heterocycles. The summed E-state index contributed by atoms with van der Waals surface area (Å²) in [6.07, 6.45) is -8.99. The molecule has 1 heterocycles. The Morgan fingerprint density at radius 3 is 2.43 bits per heavy atom. The van der Waals surface area contributed by atoms with Crippen molar-refractivity contribution in [3.05, 3.63) is 35.1 Å². The lowest BCUT2D eigenvalue weighted by atomic mass is 9.67. The van der Waals surface area contributed by atoms with E-state index in [1.54, 1.807) is 13.8 Å². The molecule has 0 fully saturated rings. The van der Waals surface area contributed by atoms with Crippen LogP contribution in [0.4, 0.5) is 17.6 Å². The minimum Gasteiger partial charge on any atom is -0.377 e. The molecule has 6 nitrogen and oxygen atoms in total. The molecule has 1 aromatic carbocycles. The third kappa shape index (κ3) is 3.48. The first kappa shape index (κ1) is 21.8. The summed E-state index contributed by atoms with van der Waals surface area (Å²) in [6.45, 7) is 4.58. The number of carbonyl (C=O) groups excluding carboxylic acids is 2. The molecule has 1 amide bonds. The standard InChI is InChI=1S/C18H21F4N3O3/c1-16(2)14(28)25(4)15(23)24-17(16,3)10-7-9(5-6-11(10)19)8-12(26)13(27)18(20,21)22/h5-7,13,27H,8H2,1-4H3,(H2,23,24)/t13?,17-/m1/s1. The molecule has 0 saturated carbocycles. The van der Waals surface area contributed by atoms with E-state index in [-0.39, 0.29) is 17.1 Å². The second-order valence-electron chi connectivity index (χ2n) is 7.43. The van der Waals surface area contributed by atoms with Crippen LogP contribution in [0.1, 0.15) is 31.9 Å². The number of benzene rings is 1. The second kappa shape index (κ2) is 6.84. The average molecular weight is 403 g/mol. The molecular weight excluding hydrogens is 382 g/mol. The molecule has 1 aromatic rings. The lowest BCUT2D eigenvalue weighted by molar-refractivity contribution is -0.203. The largest absolute Gasteiger partial charge is 0.421 e. The third-order valence-electron chi connectivity index (χ3n) is 5.29. The van der Waals surface area contributed by atoms with Gasteiger partial charge in [-0.1, -0.05) is 6.07 Å². The van der Waals surface area contributed by atoms with Crippen LogP contribution in [0.5, 0.6) is 0 Å². The monoisotopic (exact) mass is 403 g/mol. The number of amides is 1. The minimum absolute atomic E-state index is 0.0434. The van der Waals surface area contributed by atoms with E-state index < -0.39 is 47.2 Å². The van der Waals surface area contributed by atoms with E-state index in [2.05, 4.69) is 4.99 Å². The zero-order valence-corrected chi connectivity index (χ0v) is 15.8. The molecule has 0 radical (unpaired) electrons. The van der Waals surface area contributed by atoms with Crippen molar-refractivity contribution in [1.82, 2.24) is 4.90 Å². The molecule has 0 spiro atoms. The Morgan fingerprint density at radius 2 is 1.89 bits per heavy atom. The van der Waals surface area contributed by atoms with Crippen LogP contribution in [0.15, 0.2) is 23.2 Å². The Balaban J connectivity index is 2.51. The number of aliphatic hydroxyl groups excluding tert-OH is 1. The van der Waals surface area contributed by atoms with Crippen molar-refractivity contribution in [2.24, 2.45) is 16.1 Å². The molecule has 10 heteroatoms. The number of guanidine groups is 1. The third-order valence-corrected chi connectivity index (χ3v) is 5.29. The first-order valence-electron chi connectivity index (χ1n) is 8.33. The normalized spacial score (nSPS) is 23.4. The molecule has 1 aliphatic heterocycles. The molecule has 1 unspecified atom stereocenters. The second-order valence-corrected chi connectivity index (χ2v) is 7.43. The van der Waals surface area contributed by atoms with Gasteiger partial charge in [0.25, 0.3) is 0 Å². The number of hydrogen-bond acceptors (Lipinski definition) is 5. The van der Waals surface area contributed by atoms with Crippen LogP contribution in [0.2, 0.25) is 0 Å². The Hall–Kier alpha value is -2.49. The number of nitrogens with two attached hydrogens (primary N) is 1.